The molecule has 1 aliphatic heterocycles. The van der Waals surface area contributed by atoms with E-state index < -0.39 is 10.0 Å². The molecule has 0 N–H and O–H groups in total. The molecule has 0 unspecified atom stereocenters. The summed E-state index contributed by atoms with van der Waals surface area (Å²) in [7, 11) is 1.31. The van der Waals surface area contributed by atoms with E-state index in [9.17, 15) is 8.42 Å². The summed E-state index contributed by atoms with van der Waals surface area (Å²) in [6, 6.07) is 11.3. The Bertz CT molecular complexity index is 1320. The van der Waals surface area contributed by atoms with Gasteiger partial charge >= 0.3 is 0 Å². The van der Waals surface area contributed by atoms with Gasteiger partial charge in [-0.15, -0.1) is 16.2 Å². The minimum atomic E-state index is -3.76. The first kappa shape index (κ1) is 25.9. The molecule has 2 heterocycles. The van der Waals surface area contributed by atoms with Crippen molar-refractivity contribution in [3.63, 3.8) is 0 Å². The number of halogens is 1. The SMILES string of the molecule is COc1ccc(S(=O)(=O)N=CN(C)C)cc1CN1CCC(Sc2cc3ccncc3cc2Br)CC1. The van der Waals surface area contributed by atoms with Gasteiger partial charge in [0.1, 0.15) is 12.1 Å². The molecule has 1 saturated heterocycles. The van der Waals surface area contributed by atoms with E-state index in [2.05, 4.69) is 42.3 Å². The predicted octanol–water partition coefficient (Wildman–Crippen LogP) is 5.04. The van der Waals surface area contributed by atoms with Crippen molar-refractivity contribution >= 4 is 54.8 Å². The minimum absolute atomic E-state index is 0.174. The fraction of sp³-hybridized carbons (Fsp3) is 0.360. The van der Waals surface area contributed by atoms with Crippen LogP contribution in [0.15, 0.2) is 67.5 Å². The summed E-state index contributed by atoms with van der Waals surface area (Å²) in [5.41, 5.74) is 0.852. The Morgan fingerprint density at radius 1 is 1.20 bits per heavy atom. The highest BCUT2D eigenvalue weighted by Crippen LogP contribution is 2.37. The Morgan fingerprint density at radius 3 is 2.69 bits per heavy atom. The number of hydrogen-bond acceptors (Lipinski definition) is 6. The quantitative estimate of drug-likeness (QED) is 0.274. The first-order valence-electron chi connectivity index (χ1n) is 11.3. The van der Waals surface area contributed by atoms with E-state index in [1.807, 2.05) is 30.2 Å². The lowest BCUT2D eigenvalue weighted by Crippen LogP contribution is -2.34. The summed E-state index contributed by atoms with van der Waals surface area (Å²) < 4.78 is 35.6. The average molecular weight is 578 g/mol. The van der Waals surface area contributed by atoms with Crippen molar-refractivity contribution in [3.8, 4) is 5.75 Å². The highest BCUT2D eigenvalue weighted by molar-refractivity contribution is 9.10. The molecule has 0 bridgehead atoms. The number of aromatic nitrogens is 1. The largest absolute Gasteiger partial charge is 0.496 e. The molecule has 0 atom stereocenters. The lowest BCUT2D eigenvalue weighted by atomic mass is 10.1. The molecule has 1 aromatic heterocycles. The van der Waals surface area contributed by atoms with Crippen molar-refractivity contribution in [1.82, 2.24) is 14.8 Å². The summed E-state index contributed by atoms with van der Waals surface area (Å²) in [6.07, 6.45) is 7.12. The third kappa shape index (κ3) is 6.55. The number of benzene rings is 2. The molecule has 0 saturated carbocycles. The second kappa shape index (κ2) is 11.3. The molecule has 35 heavy (non-hydrogen) atoms. The van der Waals surface area contributed by atoms with E-state index in [0.29, 0.717) is 17.5 Å². The van der Waals surface area contributed by atoms with Crippen LogP contribution < -0.4 is 4.74 Å². The molecule has 4 rings (SSSR count). The van der Waals surface area contributed by atoms with Crippen molar-refractivity contribution < 1.29 is 13.2 Å². The number of pyridine rings is 1. The summed E-state index contributed by atoms with van der Waals surface area (Å²) in [6.45, 7) is 2.51. The van der Waals surface area contributed by atoms with Crippen LogP contribution in [0.2, 0.25) is 0 Å². The van der Waals surface area contributed by atoms with Crippen LogP contribution in [0, 0.1) is 0 Å². The van der Waals surface area contributed by atoms with Gasteiger partial charge in [-0.05, 0) is 83.6 Å². The first-order valence-corrected chi connectivity index (χ1v) is 14.4. The Labute approximate surface area is 219 Å². The standard InChI is InChI=1S/C25H29BrN4O3S2/c1-29(2)17-28-35(31,32)22-4-5-24(33-3)20(12-22)16-30-10-7-21(8-11-30)34-25-14-18-6-9-27-15-19(18)13-23(25)26/h4-6,9,12-15,17,21H,7-8,10-11,16H2,1-3H3. The third-order valence-electron chi connectivity index (χ3n) is 5.88. The highest BCUT2D eigenvalue weighted by Gasteiger charge is 2.23. The van der Waals surface area contributed by atoms with Crippen LogP contribution in [0.25, 0.3) is 10.8 Å². The molecule has 0 aliphatic carbocycles. The number of sulfonamides is 1. The third-order valence-corrected chi connectivity index (χ3v) is 9.42. The number of piperidine rings is 1. The molecule has 2 aromatic carbocycles. The van der Waals surface area contributed by atoms with Gasteiger partial charge in [-0.25, -0.2) is 0 Å². The number of nitrogens with zero attached hydrogens (tertiary/aromatic N) is 4. The number of methoxy groups -OCH3 is 1. The van der Waals surface area contributed by atoms with Gasteiger partial charge in [0.15, 0.2) is 0 Å². The fourth-order valence-electron chi connectivity index (χ4n) is 4.04. The monoisotopic (exact) mass is 576 g/mol. The molecule has 7 nitrogen and oxygen atoms in total. The van der Waals surface area contributed by atoms with Gasteiger partial charge in [0, 0.05) is 58.6 Å². The molecule has 0 amide bonds. The topological polar surface area (TPSA) is 75.1 Å². The summed E-state index contributed by atoms with van der Waals surface area (Å²) in [5, 5.41) is 2.85. The second-order valence-electron chi connectivity index (χ2n) is 8.73. The van der Waals surface area contributed by atoms with Crippen molar-refractivity contribution in [2.75, 3.05) is 34.3 Å². The normalized spacial score (nSPS) is 15.7. The zero-order chi connectivity index (χ0) is 25.0. The fourth-order valence-corrected chi connectivity index (χ4v) is 6.82. The molecule has 1 fully saturated rings. The maximum Gasteiger partial charge on any atom is 0.283 e. The van der Waals surface area contributed by atoms with E-state index in [4.69, 9.17) is 4.74 Å². The molecule has 3 aromatic rings. The van der Waals surface area contributed by atoms with Gasteiger partial charge < -0.3 is 9.64 Å². The highest BCUT2D eigenvalue weighted by atomic mass is 79.9. The Hall–Kier alpha value is -2.14. The van der Waals surface area contributed by atoms with E-state index in [1.165, 1.54) is 16.6 Å². The average Bonchev–Trinajstić information content (AvgIpc) is 2.84. The first-order chi connectivity index (χ1) is 16.7. The van der Waals surface area contributed by atoms with Crippen LogP contribution in [0.1, 0.15) is 18.4 Å². The number of fused-ring (bicyclic) bond motifs is 1. The molecular formula is C25H29BrN4O3S2. The Morgan fingerprint density at radius 2 is 1.97 bits per heavy atom. The van der Waals surface area contributed by atoms with Crippen LogP contribution >= 0.6 is 27.7 Å². The summed E-state index contributed by atoms with van der Waals surface area (Å²) >= 11 is 5.64. The number of hydrogen-bond donors (Lipinski definition) is 0. The molecular weight excluding hydrogens is 548 g/mol. The molecule has 186 valence electrons. The van der Waals surface area contributed by atoms with Crippen molar-refractivity contribution in [1.29, 1.82) is 0 Å². The number of likely N-dealkylation sites (tertiary alicyclic amines) is 1. The van der Waals surface area contributed by atoms with Crippen LogP contribution in [0.3, 0.4) is 0 Å². The van der Waals surface area contributed by atoms with Gasteiger partial charge in [-0.3, -0.25) is 9.88 Å². The lowest BCUT2D eigenvalue weighted by Gasteiger charge is -2.32. The van der Waals surface area contributed by atoms with Crippen molar-refractivity contribution in [2.24, 2.45) is 4.40 Å². The molecule has 0 spiro atoms. The number of thioether (sulfide) groups is 1. The van der Waals surface area contributed by atoms with E-state index >= 15 is 0 Å². The van der Waals surface area contributed by atoms with Gasteiger partial charge in [0.25, 0.3) is 10.0 Å². The summed E-state index contributed by atoms with van der Waals surface area (Å²) in [4.78, 5) is 9.58. The molecule has 0 radical (unpaired) electrons. The van der Waals surface area contributed by atoms with E-state index in [-0.39, 0.29) is 4.90 Å². The van der Waals surface area contributed by atoms with Crippen LogP contribution in [0.4, 0.5) is 0 Å². The Kier molecular flexibility index (Phi) is 8.36. The molecule has 10 heteroatoms. The van der Waals surface area contributed by atoms with Gasteiger partial charge in [-0.2, -0.15) is 8.42 Å². The Balaban J connectivity index is 1.42. The zero-order valence-corrected chi connectivity index (χ0v) is 23.2. The predicted molar refractivity (Wildman–Crippen MR) is 146 cm³/mol. The maximum absolute atomic E-state index is 12.6. The maximum atomic E-state index is 12.6. The molecule has 1 aliphatic rings. The smallest absolute Gasteiger partial charge is 0.283 e. The van der Waals surface area contributed by atoms with Crippen LogP contribution in [-0.2, 0) is 16.6 Å². The number of ether oxygens (including phenoxy) is 1. The van der Waals surface area contributed by atoms with Gasteiger partial charge in [0.05, 0.1) is 12.0 Å². The second-order valence-corrected chi connectivity index (χ2v) is 12.6. The minimum Gasteiger partial charge on any atom is -0.496 e. The van der Waals surface area contributed by atoms with Gasteiger partial charge in [0.2, 0.25) is 0 Å². The van der Waals surface area contributed by atoms with E-state index in [0.717, 1.165) is 41.4 Å². The van der Waals surface area contributed by atoms with Gasteiger partial charge in [-0.1, -0.05) is 0 Å². The van der Waals surface area contributed by atoms with Crippen molar-refractivity contribution in [3.05, 3.63) is 58.8 Å². The van der Waals surface area contributed by atoms with Crippen molar-refractivity contribution in [2.45, 2.75) is 34.4 Å². The zero-order valence-electron chi connectivity index (χ0n) is 20.0. The lowest BCUT2D eigenvalue weighted by molar-refractivity contribution is 0.222. The van der Waals surface area contributed by atoms with Crippen LogP contribution in [0.5, 0.6) is 5.75 Å². The number of rotatable bonds is 8. The van der Waals surface area contributed by atoms with Crippen LogP contribution in [-0.4, -0.2) is 69.1 Å². The van der Waals surface area contributed by atoms with E-state index in [1.54, 1.807) is 44.3 Å². The summed E-state index contributed by atoms with van der Waals surface area (Å²) in [5.74, 6) is 0.687.